The van der Waals surface area contributed by atoms with E-state index in [4.69, 9.17) is 23.2 Å². The number of rotatable bonds is 3. The third kappa shape index (κ3) is 2.94. The maximum absolute atomic E-state index is 6.02. The molecule has 0 fully saturated rings. The zero-order valence-corrected chi connectivity index (χ0v) is 14.5. The molecule has 0 saturated heterocycles. The van der Waals surface area contributed by atoms with Gasteiger partial charge in [-0.2, -0.15) is 0 Å². The SMILES string of the molecule is Clc1ccc(-c2cc(-c3nnn[nH]3)sc2-c2ccc(Cl)cc2)cc1. The number of tetrazole rings is 1. The van der Waals surface area contributed by atoms with Crippen molar-refractivity contribution in [2.24, 2.45) is 0 Å². The highest BCUT2D eigenvalue weighted by molar-refractivity contribution is 7.19. The van der Waals surface area contributed by atoms with Crippen molar-refractivity contribution in [2.45, 2.75) is 0 Å². The monoisotopic (exact) mass is 372 g/mol. The molecule has 0 atom stereocenters. The van der Waals surface area contributed by atoms with Crippen LogP contribution >= 0.6 is 34.5 Å². The van der Waals surface area contributed by atoms with Gasteiger partial charge in [-0.25, -0.2) is 5.10 Å². The zero-order valence-electron chi connectivity index (χ0n) is 12.2. The third-order valence-corrected chi connectivity index (χ3v) is 5.27. The second-order valence-electron chi connectivity index (χ2n) is 5.12. The average molecular weight is 373 g/mol. The van der Waals surface area contributed by atoms with E-state index in [0.717, 1.165) is 26.4 Å². The summed E-state index contributed by atoms with van der Waals surface area (Å²) in [6, 6.07) is 17.7. The molecule has 4 nitrogen and oxygen atoms in total. The highest BCUT2D eigenvalue weighted by atomic mass is 35.5. The van der Waals surface area contributed by atoms with Crippen LogP contribution in [0.2, 0.25) is 10.0 Å². The molecule has 1 N–H and O–H groups in total. The van der Waals surface area contributed by atoms with Crippen molar-refractivity contribution in [3.63, 3.8) is 0 Å². The second kappa shape index (κ2) is 6.36. The van der Waals surface area contributed by atoms with E-state index in [1.54, 1.807) is 11.3 Å². The lowest BCUT2D eigenvalue weighted by atomic mass is 10.0. The molecule has 0 bridgehead atoms. The number of hydrogen-bond donors (Lipinski definition) is 1. The number of H-pyrrole nitrogens is 1. The summed E-state index contributed by atoms with van der Waals surface area (Å²) in [7, 11) is 0. The van der Waals surface area contributed by atoms with Crippen LogP contribution in [-0.4, -0.2) is 20.6 Å². The number of hydrogen-bond acceptors (Lipinski definition) is 4. The number of thiophene rings is 1. The van der Waals surface area contributed by atoms with Gasteiger partial charge in [0.1, 0.15) is 0 Å². The van der Waals surface area contributed by atoms with Gasteiger partial charge in [0, 0.05) is 20.5 Å². The molecule has 2 aromatic heterocycles. The largest absolute Gasteiger partial charge is 0.238 e. The van der Waals surface area contributed by atoms with Crippen LogP contribution in [0.15, 0.2) is 54.6 Å². The molecule has 4 rings (SSSR count). The summed E-state index contributed by atoms with van der Waals surface area (Å²) in [5.41, 5.74) is 3.28. The minimum Gasteiger partial charge on any atom is -0.238 e. The van der Waals surface area contributed by atoms with Crippen molar-refractivity contribution in [1.29, 1.82) is 0 Å². The minimum absolute atomic E-state index is 0.649. The Kier molecular flexibility index (Phi) is 4.06. The van der Waals surface area contributed by atoms with Crippen molar-refractivity contribution < 1.29 is 0 Å². The first-order valence-corrected chi connectivity index (χ1v) is 8.68. The highest BCUT2D eigenvalue weighted by Gasteiger charge is 2.16. The zero-order chi connectivity index (χ0) is 16.5. The molecule has 7 heteroatoms. The summed E-state index contributed by atoms with van der Waals surface area (Å²) in [4.78, 5) is 2.09. The van der Waals surface area contributed by atoms with Gasteiger partial charge in [-0.3, -0.25) is 0 Å². The number of nitrogens with zero attached hydrogens (tertiary/aromatic N) is 3. The standard InChI is InChI=1S/C17H10Cl2N4S/c18-12-5-1-10(2-6-12)14-9-15(17-20-22-23-21-17)24-16(14)11-3-7-13(19)8-4-11/h1-9H,(H,20,21,22,23). The van der Waals surface area contributed by atoms with Crippen LogP contribution in [0, 0.1) is 0 Å². The topological polar surface area (TPSA) is 54.5 Å². The predicted octanol–water partition coefficient (Wildman–Crippen LogP) is 5.57. The Morgan fingerprint density at radius 2 is 1.46 bits per heavy atom. The molecule has 4 aromatic rings. The van der Waals surface area contributed by atoms with Crippen LogP contribution in [0.5, 0.6) is 0 Å². The Morgan fingerprint density at radius 3 is 2.04 bits per heavy atom. The van der Waals surface area contributed by atoms with Gasteiger partial charge in [-0.05, 0) is 51.9 Å². The molecule has 0 amide bonds. The summed E-state index contributed by atoms with van der Waals surface area (Å²) < 4.78 is 0. The Balaban J connectivity index is 1.89. The molecule has 0 aliphatic carbocycles. The normalized spacial score (nSPS) is 10.9. The fourth-order valence-corrected chi connectivity index (χ4v) is 3.80. The van der Waals surface area contributed by atoms with E-state index in [1.807, 2.05) is 48.5 Å². The van der Waals surface area contributed by atoms with Gasteiger partial charge < -0.3 is 0 Å². The second-order valence-corrected chi connectivity index (χ2v) is 7.04. The summed E-state index contributed by atoms with van der Waals surface area (Å²) in [5, 5.41) is 15.6. The van der Waals surface area contributed by atoms with Crippen molar-refractivity contribution in [3.8, 4) is 32.3 Å². The number of aromatic amines is 1. The lowest BCUT2D eigenvalue weighted by Gasteiger charge is -2.05. The maximum atomic E-state index is 6.02. The van der Waals surface area contributed by atoms with E-state index in [2.05, 4.69) is 26.7 Å². The first-order chi connectivity index (χ1) is 11.7. The molecule has 24 heavy (non-hydrogen) atoms. The van der Waals surface area contributed by atoms with E-state index in [9.17, 15) is 0 Å². The summed E-state index contributed by atoms with van der Waals surface area (Å²) in [6.07, 6.45) is 0. The van der Waals surface area contributed by atoms with Gasteiger partial charge in [0.15, 0.2) is 5.82 Å². The molecule has 0 saturated carbocycles. The predicted molar refractivity (Wildman–Crippen MR) is 98.4 cm³/mol. The third-order valence-electron chi connectivity index (χ3n) is 3.57. The molecule has 2 aromatic carbocycles. The molecule has 0 aliphatic heterocycles. The molecule has 0 aliphatic rings. The molecule has 0 radical (unpaired) electrons. The van der Waals surface area contributed by atoms with Gasteiger partial charge in [-0.1, -0.05) is 47.5 Å². The number of benzene rings is 2. The summed E-state index contributed by atoms with van der Waals surface area (Å²) in [6.45, 7) is 0. The molecule has 2 heterocycles. The quantitative estimate of drug-likeness (QED) is 0.511. The van der Waals surface area contributed by atoms with Crippen LogP contribution in [0.1, 0.15) is 0 Å². The fourth-order valence-electron chi connectivity index (χ4n) is 2.43. The van der Waals surface area contributed by atoms with Crippen LogP contribution in [-0.2, 0) is 0 Å². The van der Waals surface area contributed by atoms with E-state index >= 15 is 0 Å². The van der Waals surface area contributed by atoms with Crippen LogP contribution in [0.25, 0.3) is 32.3 Å². The van der Waals surface area contributed by atoms with E-state index < -0.39 is 0 Å². The Labute approximate surface area is 152 Å². The molecular formula is C17H10Cl2N4S. The van der Waals surface area contributed by atoms with Gasteiger partial charge in [-0.15, -0.1) is 16.4 Å². The van der Waals surface area contributed by atoms with Crippen LogP contribution in [0.3, 0.4) is 0 Å². The van der Waals surface area contributed by atoms with E-state index in [1.165, 1.54) is 0 Å². The molecule has 118 valence electrons. The van der Waals surface area contributed by atoms with Crippen LogP contribution < -0.4 is 0 Å². The molecule has 0 spiro atoms. The molecular weight excluding hydrogens is 363 g/mol. The average Bonchev–Trinajstić information content (AvgIpc) is 3.26. The van der Waals surface area contributed by atoms with Crippen molar-refractivity contribution >= 4 is 34.5 Å². The van der Waals surface area contributed by atoms with Gasteiger partial charge >= 0.3 is 0 Å². The lowest BCUT2D eigenvalue weighted by molar-refractivity contribution is 0.881. The Morgan fingerprint density at radius 1 is 0.833 bits per heavy atom. The van der Waals surface area contributed by atoms with E-state index in [0.29, 0.717) is 15.9 Å². The summed E-state index contributed by atoms with van der Waals surface area (Å²) >= 11 is 13.7. The van der Waals surface area contributed by atoms with Gasteiger partial charge in [0.25, 0.3) is 0 Å². The van der Waals surface area contributed by atoms with Crippen LogP contribution in [0.4, 0.5) is 0 Å². The molecule has 0 unspecified atom stereocenters. The smallest absolute Gasteiger partial charge is 0.189 e. The lowest BCUT2D eigenvalue weighted by Crippen LogP contribution is -1.79. The minimum atomic E-state index is 0.649. The van der Waals surface area contributed by atoms with Gasteiger partial charge in [0.05, 0.1) is 4.88 Å². The fraction of sp³-hybridized carbons (Fsp3) is 0. The van der Waals surface area contributed by atoms with Crippen molar-refractivity contribution in [1.82, 2.24) is 20.6 Å². The summed E-state index contributed by atoms with van der Waals surface area (Å²) in [5.74, 6) is 0.649. The number of halogens is 2. The number of nitrogens with one attached hydrogen (secondary N) is 1. The maximum Gasteiger partial charge on any atom is 0.189 e. The highest BCUT2D eigenvalue weighted by Crippen LogP contribution is 2.42. The van der Waals surface area contributed by atoms with Crippen molar-refractivity contribution in [3.05, 3.63) is 64.6 Å². The Hall–Kier alpha value is -2.21. The van der Waals surface area contributed by atoms with Gasteiger partial charge in [0.2, 0.25) is 0 Å². The van der Waals surface area contributed by atoms with E-state index in [-0.39, 0.29) is 0 Å². The first kappa shape index (κ1) is 15.3. The van der Waals surface area contributed by atoms with Crippen molar-refractivity contribution in [2.75, 3.05) is 0 Å². The first-order valence-electron chi connectivity index (χ1n) is 7.10. The number of aromatic nitrogens is 4. The Bertz CT molecular complexity index is 898.